The molecule has 0 radical (unpaired) electrons. The number of aryl methyl sites for hydroxylation is 1. The second kappa shape index (κ2) is 4.90. The van der Waals surface area contributed by atoms with Crippen LogP contribution in [0.15, 0.2) is 24.3 Å². The summed E-state index contributed by atoms with van der Waals surface area (Å²) in [6, 6.07) is 7.99. The van der Waals surface area contributed by atoms with Crippen LogP contribution in [0.25, 0.3) is 0 Å². The van der Waals surface area contributed by atoms with Gasteiger partial charge in [0.2, 0.25) is 0 Å². The highest BCUT2D eigenvalue weighted by molar-refractivity contribution is 7.80. The molecule has 1 aromatic heterocycles. The van der Waals surface area contributed by atoms with E-state index in [9.17, 15) is 0 Å². The van der Waals surface area contributed by atoms with E-state index in [0.29, 0.717) is 4.99 Å². The smallest absolute Gasteiger partial charge is 0.103 e. The third-order valence-corrected chi connectivity index (χ3v) is 3.52. The molecule has 0 saturated heterocycles. The van der Waals surface area contributed by atoms with E-state index in [2.05, 4.69) is 25.0 Å². The molecule has 18 heavy (non-hydrogen) atoms. The largest absolute Gasteiger partial charge is 0.389 e. The van der Waals surface area contributed by atoms with Crippen LogP contribution in [0.5, 0.6) is 0 Å². The Morgan fingerprint density at radius 1 is 1.33 bits per heavy atom. The fraction of sp³-hybridized carbons (Fsp3) is 0.286. The second-order valence-electron chi connectivity index (χ2n) is 4.52. The molecule has 1 heterocycles. The Kier molecular flexibility index (Phi) is 3.48. The molecule has 2 aromatic rings. The summed E-state index contributed by atoms with van der Waals surface area (Å²) in [7, 11) is 0. The van der Waals surface area contributed by atoms with Crippen molar-refractivity contribution < 1.29 is 0 Å². The van der Waals surface area contributed by atoms with Crippen LogP contribution in [-0.4, -0.2) is 14.8 Å². The molecule has 2 N–H and O–H groups in total. The van der Waals surface area contributed by atoms with Gasteiger partial charge in [0.25, 0.3) is 0 Å². The van der Waals surface area contributed by atoms with E-state index in [1.165, 1.54) is 11.3 Å². The van der Waals surface area contributed by atoms with Crippen molar-refractivity contribution in [2.24, 2.45) is 5.73 Å². The Morgan fingerprint density at radius 2 is 2.06 bits per heavy atom. The summed E-state index contributed by atoms with van der Waals surface area (Å²) in [6.45, 7) is 6.97. The van der Waals surface area contributed by atoms with Gasteiger partial charge in [-0.1, -0.05) is 30.4 Å². The molecule has 3 nitrogen and oxygen atoms in total. The highest BCUT2D eigenvalue weighted by Crippen LogP contribution is 2.14. The van der Waals surface area contributed by atoms with Crippen LogP contribution < -0.4 is 5.73 Å². The summed E-state index contributed by atoms with van der Waals surface area (Å²) >= 11 is 4.99. The minimum atomic E-state index is 0.432. The molecule has 0 spiro atoms. The number of benzene rings is 1. The van der Waals surface area contributed by atoms with Gasteiger partial charge < -0.3 is 5.73 Å². The van der Waals surface area contributed by atoms with E-state index >= 15 is 0 Å². The van der Waals surface area contributed by atoms with Crippen molar-refractivity contribution in [1.82, 2.24) is 9.78 Å². The van der Waals surface area contributed by atoms with Gasteiger partial charge in [0.15, 0.2) is 0 Å². The van der Waals surface area contributed by atoms with Gasteiger partial charge in [0.1, 0.15) is 4.99 Å². The topological polar surface area (TPSA) is 43.8 Å². The Hall–Kier alpha value is -1.68. The molecular weight excluding hydrogens is 242 g/mol. The minimum absolute atomic E-state index is 0.432. The van der Waals surface area contributed by atoms with Gasteiger partial charge in [-0.3, -0.25) is 4.68 Å². The molecule has 0 atom stereocenters. The van der Waals surface area contributed by atoms with Crippen LogP contribution in [-0.2, 0) is 6.54 Å². The lowest BCUT2D eigenvalue weighted by Crippen LogP contribution is -2.10. The third-order valence-electron chi connectivity index (χ3n) is 3.29. The van der Waals surface area contributed by atoms with Gasteiger partial charge in [-0.05, 0) is 38.0 Å². The normalized spacial score (nSPS) is 10.6. The standard InChI is InChI=1S/C14H17N3S/c1-9-10(2)16-17(11(9)3)8-12-5-4-6-13(7-12)14(15)18/h4-7H,8H2,1-3H3,(H2,15,18). The SMILES string of the molecule is Cc1nn(Cc2cccc(C(N)=S)c2)c(C)c1C. The monoisotopic (exact) mass is 259 g/mol. The summed E-state index contributed by atoms with van der Waals surface area (Å²) in [5.41, 5.74) is 11.2. The molecular formula is C14H17N3S. The van der Waals surface area contributed by atoms with Crippen molar-refractivity contribution in [2.45, 2.75) is 27.3 Å². The van der Waals surface area contributed by atoms with E-state index in [0.717, 1.165) is 23.4 Å². The number of aromatic nitrogens is 2. The van der Waals surface area contributed by atoms with Crippen molar-refractivity contribution in [3.8, 4) is 0 Å². The fourth-order valence-electron chi connectivity index (χ4n) is 1.94. The maximum absolute atomic E-state index is 5.64. The Morgan fingerprint density at radius 3 is 2.61 bits per heavy atom. The highest BCUT2D eigenvalue weighted by Gasteiger charge is 2.07. The van der Waals surface area contributed by atoms with Crippen LogP contribution in [0, 0.1) is 20.8 Å². The van der Waals surface area contributed by atoms with Gasteiger partial charge in [-0.15, -0.1) is 0 Å². The molecule has 0 aliphatic rings. The first-order valence-corrected chi connectivity index (χ1v) is 6.29. The maximum Gasteiger partial charge on any atom is 0.103 e. The average molecular weight is 259 g/mol. The Balaban J connectivity index is 2.31. The number of hydrogen-bond donors (Lipinski definition) is 1. The number of nitrogens with zero attached hydrogens (tertiary/aromatic N) is 2. The quantitative estimate of drug-likeness (QED) is 0.861. The van der Waals surface area contributed by atoms with E-state index in [4.69, 9.17) is 18.0 Å². The lowest BCUT2D eigenvalue weighted by atomic mass is 10.1. The zero-order valence-electron chi connectivity index (χ0n) is 10.9. The van der Waals surface area contributed by atoms with E-state index in [1.54, 1.807) is 0 Å². The molecule has 0 bridgehead atoms. The van der Waals surface area contributed by atoms with Crippen molar-refractivity contribution in [3.05, 3.63) is 52.3 Å². The number of hydrogen-bond acceptors (Lipinski definition) is 2. The van der Waals surface area contributed by atoms with Gasteiger partial charge in [0.05, 0.1) is 12.2 Å². The predicted molar refractivity (Wildman–Crippen MR) is 77.9 cm³/mol. The summed E-state index contributed by atoms with van der Waals surface area (Å²) in [5, 5.41) is 4.53. The zero-order valence-corrected chi connectivity index (χ0v) is 11.7. The minimum Gasteiger partial charge on any atom is -0.389 e. The average Bonchev–Trinajstić information content (AvgIpc) is 2.57. The Labute approximate surface area is 113 Å². The third kappa shape index (κ3) is 2.43. The first-order chi connectivity index (χ1) is 8.49. The zero-order chi connectivity index (χ0) is 13.3. The fourth-order valence-corrected chi connectivity index (χ4v) is 2.06. The first-order valence-electron chi connectivity index (χ1n) is 5.88. The molecule has 94 valence electrons. The van der Waals surface area contributed by atoms with Crippen LogP contribution >= 0.6 is 12.2 Å². The molecule has 0 fully saturated rings. The van der Waals surface area contributed by atoms with Crippen LogP contribution in [0.1, 0.15) is 28.1 Å². The molecule has 4 heteroatoms. The Bertz CT molecular complexity index is 599. The lowest BCUT2D eigenvalue weighted by molar-refractivity contribution is 0.658. The van der Waals surface area contributed by atoms with E-state index < -0.39 is 0 Å². The molecule has 0 saturated carbocycles. The molecule has 0 amide bonds. The lowest BCUT2D eigenvalue weighted by Gasteiger charge is -2.06. The molecule has 0 unspecified atom stereocenters. The van der Waals surface area contributed by atoms with Gasteiger partial charge >= 0.3 is 0 Å². The first kappa shape index (κ1) is 12.8. The van der Waals surface area contributed by atoms with Gasteiger partial charge in [-0.25, -0.2) is 0 Å². The van der Waals surface area contributed by atoms with Crippen LogP contribution in [0.2, 0.25) is 0 Å². The van der Waals surface area contributed by atoms with Crippen molar-refractivity contribution >= 4 is 17.2 Å². The summed E-state index contributed by atoms with van der Waals surface area (Å²) in [5.74, 6) is 0. The summed E-state index contributed by atoms with van der Waals surface area (Å²) in [4.78, 5) is 0.432. The summed E-state index contributed by atoms with van der Waals surface area (Å²) < 4.78 is 2.02. The van der Waals surface area contributed by atoms with Gasteiger partial charge in [0, 0.05) is 11.3 Å². The maximum atomic E-state index is 5.64. The molecule has 2 rings (SSSR count). The number of thiocarbonyl (C=S) groups is 1. The second-order valence-corrected chi connectivity index (χ2v) is 4.96. The highest BCUT2D eigenvalue weighted by atomic mass is 32.1. The van der Waals surface area contributed by atoms with Crippen LogP contribution in [0.3, 0.4) is 0 Å². The van der Waals surface area contributed by atoms with E-state index in [-0.39, 0.29) is 0 Å². The summed E-state index contributed by atoms with van der Waals surface area (Å²) in [6.07, 6.45) is 0. The van der Waals surface area contributed by atoms with Crippen molar-refractivity contribution in [1.29, 1.82) is 0 Å². The predicted octanol–water partition coefficient (Wildman–Crippen LogP) is 2.49. The number of rotatable bonds is 3. The van der Waals surface area contributed by atoms with Gasteiger partial charge in [-0.2, -0.15) is 5.10 Å². The molecule has 0 aliphatic heterocycles. The van der Waals surface area contributed by atoms with E-state index in [1.807, 2.05) is 29.8 Å². The van der Waals surface area contributed by atoms with Crippen LogP contribution in [0.4, 0.5) is 0 Å². The van der Waals surface area contributed by atoms with Crippen molar-refractivity contribution in [3.63, 3.8) is 0 Å². The number of nitrogens with two attached hydrogens (primary N) is 1. The molecule has 1 aromatic carbocycles. The molecule has 0 aliphatic carbocycles. The van der Waals surface area contributed by atoms with Crippen molar-refractivity contribution in [2.75, 3.05) is 0 Å².